The summed E-state index contributed by atoms with van der Waals surface area (Å²) in [4.78, 5) is 23.8. The van der Waals surface area contributed by atoms with E-state index in [0.29, 0.717) is 11.3 Å². The van der Waals surface area contributed by atoms with E-state index < -0.39 is 30.5 Å². The van der Waals surface area contributed by atoms with Gasteiger partial charge < -0.3 is 19.5 Å². The van der Waals surface area contributed by atoms with Crippen molar-refractivity contribution in [3.8, 4) is 5.75 Å². The summed E-state index contributed by atoms with van der Waals surface area (Å²) in [6.07, 6.45) is -5.22. The molecule has 26 heavy (non-hydrogen) atoms. The van der Waals surface area contributed by atoms with Crippen LogP contribution in [-0.2, 0) is 20.8 Å². The van der Waals surface area contributed by atoms with Gasteiger partial charge in [0.15, 0.2) is 0 Å². The van der Waals surface area contributed by atoms with Crippen molar-refractivity contribution in [1.29, 1.82) is 0 Å². The lowest BCUT2D eigenvalue weighted by Crippen LogP contribution is -2.67. The lowest BCUT2D eigenvalue weighted by atomic mass is 10.2. The fraction of sp³-hybridized carbons (Fsp3) is 0.500. The van der Waals surface area contributed by atoms with E-state index in [0.717, 1.165) is 0 Å². The van der Waals surface area contributed by atoms with Crippen LogP contribution in [0.1, 0.15) is 19.4 Å². The third-order valence-corrected chi connectivity index (χ3v) is 3.22. The van der Waals surface area contributed by atoms with Crippen LogP contribution in [0.2, 0.25) is 0 Å². The van der Waals surface area contributed by atoms with Crippen molar-refractivity contribution in [1.82, 2.24) is 10.6 Å². The molecule has 1 aromatic carbocycles. The molecule has 1 aromatic rings. The second-order valence-electron chi connectivity index (χ2n) is 4.99. The lowest BCUT2D eigenvalue weighted by molar-refractivity contribution is -0.283. The molecule has 0 saturated heterocycles. The summed E-state index contributed by atoms with van der Waals surface area (Å²) in [6.45, 7) is 1.75. The maximum Gasteiger partial charge on any atom is 0.448 e. The van der Waals surface area contributed by atoms with E-state index in [1.807, 2.05) is 0 Å². The Morgan fingerprint density at radius 2 is 1.69 bits per heavy atom. The van der Waals surface area contributed by atoms with Gasteiger partial charge in [0.2, 0.25) is 0 Å². The minimum absolute atomic E-state index is 0.0707. The summed E-state index contributed by atoms with van der Waals surface area (Å²) >= 11 is 0. The van der Waals surface area contributed by atoms with Crippen molar-refractivity contribution in [2.75, 3.05) is 20.3 Å². The number of carbonyl (C=O) groups is 2. The Morgan fingerprint density at radius 3 is 2.15 bits per heavy atom. The molecule has 0 aromatic heterocycles. The number of hydrogen-bond donors (Lipinski definition) is 2. The van der Waals surface area contributed by atoms with Crippen LogP contribution in [0.5, 0.6) is 5.75 Å². The molecule has 1 rings (SSSR count). The number of alkyl halides is 3. The summed E-state index contributed by atoms with van der Waals surface area (Å²) in [6, 6.07) is 5.29. The van der Waals surface area contributed by atoms with Crippen molar-refractivity contribution in [2.45, 2.75) is 32.3 Å². The van der Waals surface area contributed by atoms with Crippen LogP contribution in [0.4, 0.5) is 18.0 Å². The summed E-state index contributed by atoms with van der Waals surface area (Å²) in [5.41, 5.74) is -2.96. The van der Waals surface area contributed by atoms with Crippen LogP contribution in [0, 0.1) is 0 Å². The van der Waals surface area contributed by atoms with Crippen LogP contribution in [0.25, 0.3) is 0 Å². The number of urea groups is 1. The molecule has 0 aliphatic carbocycles. The van der Waals surface area contributed by atoms with Gasteiger partial charge >= 0.3 is 23.9 Å². The fourth-order valence-electron chi connectivity index (χ4n) is 1.99. The summed E-state index contributed by atoms with van der Waals surface area (Å²) in [5.74, 6) is -1.15. The molecule has 0 aliphatic rings. The van der Waals surface area contributed by atoms with Gasteiger partial charge in [0, 0.05) is 13.2 Å². The van der Waals surface area contributed by atoms with Crippen molar-refractivity contribution in [2.24, 2.45) is 0 Å². The first-order valence-corrected chi connectivity index (χ1v) is 7.77. The standard InChI is InChI=1S/C16H21F3N2O5/c1-4-25-13(22)15(26-5-2,16(17,18)19)21-14(23)20-10-11-6-8-12(24-3)9-7-11/h6-9H,4-5,10H2,1-3H3,(H2,20,21,23)/t15-/m0/s1. The Hall–Kier alpha value is -2.49. The van der Waals surface area contributed by atoms with E-state index in [4.69, 9.17) is 4.74 Å². The molecule has 1 atom stereocenters. The Kier molecular flexibility index (Phi) is 7.69. The fourth-order valence-corrected chi connectivity index (χ4v) is 1.99. The highest BCUT2D eigenvalue weighted by atomic mass is 19.4. The zero-order valence-electron chi connectivity index (χ0n) is 14.6. The van der Waals surface area contributed by atoms with Gasteiger partial charge in [0.1, 0.15) is 5.75 Å². The Balaban J connectivity index is 2.88. The van der Waals surface area contributed by atoms with E-state index in [1.165, 1.54) is 21.0 Å². The molecule has 0 unspecified atom stereocenters. The molecular weight excluding hydrogens is 357 g/mol. The van der Waals surface area contributed by atoms with Gasteiger partial charge in [-0.15, -0.1) is 0 Å². The predicted octanol–water partition coefficient (Wildman–Crippen LogP) is 2.35. The highest BCUT2D eigenvalue weighted by Crippen LogP contribution is 2.33. The minimum Gasteiger partial charge on any atom is -0.497 e. The monoisotopic (exact) mass is 378 g/mol. The molecule has 2 N–H and O–H groups in total. The molecular formula is C16H21F3N2O5. The van der Waals surface area contributed by atoms with E-state index in [2.05, 4.69) is 14.8 Å². The first-order valence-electron chi connectivity index (χ1n) is 7.77. The molecule has 10 heteroatoms. The van der Waals surface area contributed by atoms with Gasteiger partial charge in [-0.05, 0) is 31.5 Å². The summed E-state index contributed by atoms with van der Waals surface area (Å²) in [7, 11) is 1.49. The number of halogens is 3. The highest BCUT2D eigenvalue weighted by Gasteiger charge is 2.64. The lowest BCUT2D eigenvalue weighted by Gasteiger charge is -2.33. The zero-order valence-corrected chi connectivity index (χ0v) is 14.6. The second-order valence-corrected chi connectivity index (χ2v) is 4.99. The molecule has 0 aliphatic heterocycles. The third-order valence-electron chi connectivity index (χ3n) is 3.22. The van der Waals surface area contributed by atoms with Gasteiger partial charge in [0.05, 0.1) is 13.7 Å². The normalized spacial score (nSPS) is 13.5. The molecule has 0 spiro atoms. The average molecular weight is 378 g/mol. The van der Waals surface area contributed by atoms with Gasteiger partial charge in [-0.1, -0.05) is 12.1 Å². The number of hydrogen-bond acceptors (Lipinski definition) is 5. The van der Waals surface area contributed by atoms with Crippen LogP contribution in [0.3, 0.4) is 0 Å². The van der Waals surface area contributed by atoms with Crippen LogP contribution >= 0.6 is 0 Å². The maximum atomic E-state index is 13.5. The number of ether oxygens (including phenoxy) is 3. The number of benzene rings is 1. The van der Waals surface area contributed by atoms with E-state index in [-0.39, 0.29) is 13.2 Å². The molecule has 7 nitrogen and oxygen atoms in total. The van der Waals surface area contributed by atoms with E-state index in [9.17, 15) is 22.8 Å². The molecule has 146 valence electrons. The third kappa shape index (κ3) is 5.25. The second kappa shape index (κ2) is 9.27. The van der Waals surface area contributed by atoms with Gasteiger partial charge in [-0.25, -0.2) is 9.59 Å². The predicted molar refractivity (Wildman–Crippen MR) is 85.4 cm³/mol. The van der Waals surface area contributed by atoms with E-state index >= 15 is 0 Å². The smallest absolute Gasteiger partial charge is 0.448 e. The molecule has 0 saturated carbocycles. The van der Waals surface area contributed by atoms with Crippen LogP contribution in [0.15, 0.2) is 24.3 Å². The maximum absolute atomic E-state index is 13.5. The van der Waals surface area contributed by atoms with Crippen LogP contribution < -0.4 is 15.4 Å². The number of nitrogens with one attached hydrogen (secondary N) is 2. The van der Waals surface area contributed by atoms with E-state index in [1.54, 1.807) is 29.6 Å². The minimum atomic E-state index is -5.22. The molecule has 0 heterocycles. The Morgan fingerprint density at radius 1 is 1.08 bits per heavy atom. The average Bonchev–Trinajstić information content (AvgIpc) is 2.59. The Labute approximate surface area is 148 Å². The quantitative estimate of drug-likeness (QED) is 0.536. The topological polar surface area (TPSA) is 85.9 Å². The van der Waals surface area contributed by atoms with Crippen molar-refractivity contribution < 1.29 is 37.0 Å². The van der Waals surface area contributed by atoms with Crippen LogP contribution in [-0.4, -0.2) is 44.2 Å². The summed E-state index contributed by atoms with van der Waals surface area (Å²) in [5, 5.41) is 3.79. The molecule has 0 fully saturated rings. The Bertz CT molecular complexity index is 607. The summed E-state index contributed by atoms with van der Waals surface area (Å²) < 4.78 is 54.4. The number of carbonyl (C=O) groups excluding carboxylic acids is 2. The van der Waals surface area contributed by atoms with Crippen molar-refractivity contribution in [3.05, 3.63) is 29.8 Å². The zero-order chi connectivity index (χ0) is 19.8. The van der Waals surface area contributed by atoms with Gasteiger partial charge in [-0.2, -0.15) is 13.2 Å². The van der Waals surface area contributed by atoms with Gasteiger partial charge in [0.25, 0.3) is 0 Å². The molecule has 2 amide bonds. The first-order chi connectivity index (χ1) is 12.2. The largest absolute Gasteiger partial charge is 0.497 e. The number of rotatable bonds is 8. The number of amides is 2. The molecule has 0 bridgehead atoms. The van der Waals surface area contributed by atoms with Gasteiger partial charge in [-0.3, -0.25) is 5.32 Å². The first kappa shape index (κ1) is 21.6. The van der Waals surface area contributed by atoms with Crippen molar-refractivity contribution >= 4 is 12.0 Å². The highest BCUT2D eigenvalue weighted by molar-refractivity contribution is 5.87. The number of methoxy groups -OCH3 is 1. The number of esters is 1. The SMILES string of the molecule is CCOC(=O)[C@](NC(=O)NCc1ccc(OC)cc1)(OCC)C(F)(F)F. The van der Waals surface area contributed by atoms with Crippen molar-refractivity contribution in [3.63, 3.8) is 0 Å². The molecule has 0 radical (unpaired) electrons.